The molecule has 0 fully saturated rings. The quantitative estimate of drug-likeness (QED) is 0.750. The van der Waals surface area contributed by atoms with Crippen LogP contribution >= 0.6 is 0 Å². The van der Waals surface area contributed by atoms with E-state index < -0.39 is 18.0 Å². The number of unbranched alkanes of at least 4 members (excludes halogenated alkanes) is 1. The maximum Gasteiger partial charge on any atom is 0.326 e. The van der Waals surface area contributed by atoms with Crippen LogP contribution in [0.2, 0.25) is 0 Å². The van der Waals surface area contributed by atoms with Gasteiger partial charge in [0.25, 0.3) is 0 Å². The zero-order valence-electron chi connectivity index (χ0n) is 12.3. The average Bonchev–Trinajstić information content (AvgIpc) is 2.85. The second-order valence-electron chi connectivity index (χ2n) is 5.52. The van der Waals surface area contributed by atoms with Gasteiger partial charge in [0, 0.05) is 6.04 Å². The minimum absolute atomic E-state index is 0.0445. The number of nitrogens with one attached hydrogen (secondary N) is 2. The molecule has 3 N–H and O–H groups in total. The van der Waals surface area contributed by atoms with E-state index in [0.717, 1.165) is 25.7 Å². The molecule has 0 radical (unpaired) electrons. The molecule has 1 aliphatic carbocycles. The summed E-state index contributed by atoms with van der Waals surface area (Å²) in [5, 5.41) is 14.5. The number of rotatable bonds is 6. The molecule has 1 aromatic carbocycles. The number of hydrogen-bond acceptors (Lipinski definition) is 2. The largest absolute Gasteiger partial charge is 0.480 e. The maximum atomic E-state index is 11.9. The number of carbonyl (C=O) groups is 2. The Kier molecular flexibility index (Phi) is 5.20. The number of urea groups is 1. The lowest BCUT2D eigenvalue weighted by atomic mass is 10.1. The van der Waals surface area contributed by atoms with Crippen LogP contribution < -0.4 is 10.6 Å². The van der Waals surface area contributed by atoms with Gasteiger partial charge in [-0.05, 0) is 30.4 Å². The Morgan fingerprint density at radius 1 is 1.29 bits per heavy atom. The van der Waals surface area contributed by atoms with Crippen LogP contribution in [0.4, 0.5) is 4.79 Å². The first-order chi connectivity index (χ1) is 10.1. The molecular weight excluding hydrogens is 268 g/mol. The molecule has 21 heavy (non-hydrogen) atoms. The molecule has 5 heteroatoms. The first-order valence-electron chi connectivity index (χ1n) is 7.46. The fraction of sp³-hybridized carbons (Fsp3) is 0.500. The Labute approximate surface area is 124 Å². The molecule has 0 saturated heterocycles. The first kappa shape index (κ1) is 15.4. The van der Waals surface area contributed by atoms with Gasteiger partial charge in [-0.1, -0.05) is 44.0 Å². The summed E-state index contributed by atoms with van der Waals surface area (Å²) in [6.45, 7) is 1.99. The number of carbonyl (C=O) groups excluding carboxylic acids is 1. The van der Waals surface area contributed by atoms with Gasteiger partial charge in [0.1, 0.15) is 6.04 Å². The zero-order chi connectivity index (χ0) is 15.2. The number of amides is 2. The van der Waals surface area contributed by atoms with Crippen LogP contribution in [-0.4, -0.2) is 29.2 Å². The summed E-state index contributed by atoms with van der Waals surface area (Å²) in [5.41, 5.74) is 2.51. The molecule has 0 saturated carbocycles. The third-order valence-electron chi connectivity index (χ3n) is 3.84. The highest BCUT2D eigenvalue weighted by atomic mass is 16.4. The minimum atomic E-state index is -0.978. The van der Waals surface area contributed by atoms with Crippen LogP contribution in [-0.2, 0) is 17.6 Å². The second-order valence-corrected chi connectivity index (χ2v) is 5.52. The lowest BCUT2D eigenvalue weighted by Gasteiger charge is -2.17. The Morgan fingerprint density at radius 2 is 1.90 bits per heavy atom. The van der Waals surface area contributed by atoms with Gasteiger partial charge >= 0.3 is 12.0 Å². The van der Waals surface area contributed by atoms with Crippen molar-refractivity contribution in [2.45, 2.75) is 51.1 Å². The third-order valence-corrected chi connectivity index (χ3v) is 3.84. The minimum Gasteiger partial charge on any atom is -0.480 e. The van der Waals surface area contributed by atoms with Crippen molar-refractivity contribution >= 4 is 12.0 Å². The van der Waals surface area contributed by atoms with Crippen LogP contribution in [0.1, 0.15) is 37.3 Å². The van der Waals surface area contributed by atoms with Crippen molar-refractivity contribution in [1.82, 2.24) is 10.6 Å². The third kappa shape index (κ3) is 4.21. The number of hydrogen-bond donors (Lipinski definition) is 3. The van der Waals surface area contributed by atoms with Crippen molar-refractivity contribution in [3.8, 4) is 0 Å². The summed E-state index contributed by atoms with van der Waals surface area (Å²) in [4.78, 5) is 23.1. The molecule has 1 atom stereocenters. The lowest BCUT2D eigenvalue weighted by Crippen LogP contribution is -2.49. The first-order valence-corrected chi connectivity index (χ1v) is 7.46. The predicted octanol–water partition coefficient (Wildman–Crippen LogP) is 2.10. The van der Waals surface area contributed by atoms with E-state index in [9.17, 15) is 9.59 Å². The number of carboxylic acid groups (broad SMARTS) is 1. The molecule has 0 aromatic heterocycles. The number of fused-ring (bicyclic) bond motifs is 1. The highest BCUT2D eigenvalue weighted by molar-refractivity contribution is 5.82. The summed E-state index contributed by atoms with van der Waals surface area (Å²) >= 11 is 0. The molecule has 0 bridgehead atoms. The van der Waals surface area contributed by atoms with Crippen molar-refractivity contribution < 1.29 is 14.7 Å². The van der Waals surface area contributed by atoms with Crippen molar-refractivity contribution in [1.29, 1.82) is 0 Å². The van der Waals surface area contributed by atoms with Crippen molar-refractivity contribution in [3.63, 3.8) is 0 Å². The Morgan fingerprint density at radius 3 is 2.43 bits per heavy atom. The van der Waals surface area contributed by atoms with Crippen molar-refractivity contribution in [3.05, 3.63) is 35.4 Å². The molecule has 5 nitrogen and oxygen atoms in total. The summed E-state index contributed by atoms with van der Waals surface area (Å²) in [6.07, 6.45) is 3.76. The standard InChI is InChI=1S/C16H22N2O3/c1-2-3-8-14(15(19)20)18-16(21)17-13-9-11-6-4-5-7-12(11)10-13/h4-7,13-14H,2-3,8-10H2,1H3,(H,19,20)(H2,17,18,21)/t14-/m0/s1. The molecule has 1 aromatic rings. The molecule has 0 unspecified atom stereocenters. The van der Waals surface area contributed by atoms with E-state index in [1.165, 1.54) is 11.1 Å². The fourth-order valence-corrected chi connectivity index (χ4v) is 2.71. The number of carboxylic acids is 1. The highest BCUT2D eigenvalue weighted by Crippen LogP contribution is 2.21. The van der Waals surface area contributed by atoms with Gasteiger partial charge in [-0.2, -0.15) is 0 Å². The van der Waals surface area contributed by atoms with E-state index >= 15 is 0 Å². The lowest BCUT2D eigenvalue weighted by molar-refractivity contribution is -0.139. The van der Waals surface area contributed by atoms with Crippen LogP contribution in [0.3, 0.4) is 0 Å². The zero-order valence-corrected chi connectivity index (χ0v) is 12.3. The van der Waals surface area contributed by atoms with Crippen LogP contribution in [0.5, 0.6) is 0 Å². The summed E-state index contributed by atoms with van der Waals surface area (Å²) in [6, 6.07) is 6.96. The molecule has 0 spiro atoms. The summed E-state index contributed by atoms with van der Waals surface area (Å²) in [5.74, 6) is -0.978. The molecule has 0 heterocycles. The van der Waals surface area contributed by atoms with Crippen LogP contribution in [0.15, 0.2) is 24.3 Å². The van der Waals surface area contributed by atoms with Crippen LogP contribution in [0.25, 0.3) is 0 Å². The Bertz CT molecular complexity index is 491. The molecule has 2 amide bonds. The summed E-state index contributed by atoms with van der Waals surface area (Å²) in [7, 11) is 0. The highest BCUT2D eigenvalue weighted by Gasteiger charge is 2.24. The molecule has 2 rings (SSSR count). The van der Waals surface area contributed by atoms with E-state index in [4.69, 9.17) is 5.11 Å². The van der Waals surface area contributed by atoms with E-state index in [-0.39, 0.29) is 6.04 Å². The van der Waals surface area contributed by atoms with Gasteiger partial charge < -0.3 is 15.7 Å². The molecule has 1 aliphatic rings. The van der Waals surface area contributed by atoms with E-state index in [1.54, 1.807) is 0 Å². The van der Waals surface area contributed by atoms with Gasteiger partial charge in [-0.15, -0.1) is 0 Å². The predicted molar refractivity (Wildman–Crippen MR) is 80.3 cm³/mol. The monoisotopic (exact) mass is 290 g/mol. The van der Waals surface area contributed by atoms with Crippen molar-refractivity contribution in [2.75, 3.05) is 0 Å². The maximum absolute atomic E-state index is 11.9. The molecule has 0 aliphatic heterocycles. The number of aliphatic carboxylic acids is 1. The second kappa shape index (κ2) is 7.11. The SMILES string of the molecule is CCCC[C@H](NC(=O)NC1Cc2ccccc2C1)C(=O)O. The average molecular weight is 290 g/mol. The van der Waals surface area contributed by atoms with E-state index in [1.807, 2.05) is 19.1 Å². The van der Waals surface area contributed by atoms with Gasteiger partial charge in [0.15, 0.2) is 0 Å². The smallest absolute Gasteiger partial charge is 0.326 e. The fourth-order valence-electron chi connectivity index (χ4n) is 2.71. The van der Waals surface area contributed by atoms with Gasteiger partial charge in [-0.3, -0.25) is 0 Å². The van der Waals surface area contributed by atoms with E-state index in [2.05, 4.69) is 22.8 Å². The number of benzene rings is 1. The van der Waals surface area contributed by atoms with Gasteiger partial charge in [0.05, 0.1) is 0 Å². The normalized spacial score (nSPS) is 15.3. The molecular formula is C16H22N2O3. The Hall–Kier alpha value is -2.04. The van der Waals surface area contributed by atoms with E-state index in [0.29, 0.717) is 6.42 Å². The summed E-state index contributed by atoms with van der Waals surface area (Å²) < 4.78 is 0. The van der Waals surface area contributed by atoms with Gasteiger partial charge in [-0.25, -0.2) is 9.59 Å². The van der Waals surface area contributed by atoms with Crippen LogP contribution in [0, 0.1) is 0 Å². The van der Waals surface area contributed by atoms with Gasteiger partial charge in [0.2, 0.25) is 0 Å². The Balaban J connectivity index is 1.83. The van der Waals surface area contributed by atoms with Crippen molar-refractivity contribution in [2.24, 2.45) is 0 Å². The topological polar surface area (TPSA) is 78.4 Å². The molecule has 114 valence electrons.